The maximum Gasteiger partial charge on any atom is 2.00 e. The smallest absolute Gasteiger partial charge is 0.664 e. The molecule has 6 rings (SSSR count). The van der Waals surface area contributed by atoms with Gasteiger partial charge in [-0.15, -0.1) is 33.5 Å². The van der Waals surface area contributed by atoms with Gasteiger partial charge in [0.15, 0.2) is 5.78 Å². The molecular formula is C32H32MgN4O-2. The summed E-state index contributed by atoms with van der Waals surface area (Å²) in [5.41, 5.74) is 12.5. The van der Waals surface area contributed by atoms with E-state index in [0.717, 1.165) is 84.7 Å². The predicted molar refractivity (Wildman–Crippen MR) is 155 cm³/mol. The van der Waals surface area contributed by atoms with Crippen molar-refractivity contribution in [2.75, 3.05) is 0 Å². The summed E-state index contributed by atoms with van der Waals surface area (Å²) in [7, 11) is 0. The van der Waals surface area contributed by atoms with Crippen molar-refractivity contribution in [1.82, 2.24) is 15.0 Å². The number of hydrogen-bond acceptors (Lipinski definition) is 1. The molecule has 0 unspecified atom stereocenters. The third kappa shape index (κ3) is 3.60. The molecule has 1 fully saturated rings. The molecule has 8 bridgehead atoms. The molecule has 0 aromatic carbocycles. The molecule has 5 nitrogen and oxygen atoms in total. The van der Waals surface area contributed by atoms with Crippen molar-refractivity contribution in [3.63, 3.8) is 0 Å². The minimum atomic E-state index is -0.249. The SMILES string of the molecule is C=Cc1c2[n-]c(c1C)/C=C1\[N-]/C(=C3\c4[n-]c(c(C)c4C(=O)[C@@H]3C)/C=c3\[n-]/c(c(C)c3CC)=C\2)[C@@H](C)[C@@H]1C.[Mg+2]. The van der Waals surface area contributed by atoms with Crippen LogP contribution in [-0.2, 0) is 6.42 Å². The number of ketones is 1. The van der Waals surface area contributed by atoms with E-state index < -0.39 is 0 Å². The van der Waals surface area contributed by atoms with Crippen LogP contribution in [0.2, 0.25) is 0 Å². The summed E-state index contributed by atoms with van der Waals surface area (Å²) < 4.78 is 0. The molecule has 1 aliphatic carbocycles. The second-order valence-corrected chi connectivity index (χ2v) is 10.7. The molecule has 3 aromatic heterocycles. The Hall–Kier alpha value is -2.96. The van der Waals surface area contributed by atoms with Crippen LogP contribution in [0, 0.1) is 38.5 Å². The summed E-state index contributed by atoms with van der Waals surface area (Å²) in [6, 6.07) is 0. The molecule has 0 amide bonds. The van der Waals surface area contributed by atoms with Gasteiger partial charge < -0.3 is 20.3 Å². The summed E-state index contributed by atoms with van der Waals surface area (Å²) in [5, 5.41) is 6.96. The minimum absolute atomic E-state index is 0. The Morgan fingerprint density at radius 2 is 1.55 bits per heavy atom. The number of carbonyl (C=O) groups is 1. The Morgan fingerprint density at radius 3 is 2.24 bits per heavy atom. The first kappa shape index (κ1) is 26.6. The molecule has 190 valence electrons. The zero-order valence-electron chi connectivity index (χ0n) is 23.4. The maximum absolute atomic E-state index is 13.5. The second kappa shape index (κ2) is 9.35. The van der Waals surface area contributed by atoms with Crippen molar-refractivity contribution < 1.29 is 4.79 Å². The molecule has 38 heavy (non-hydrogen) atoms. The average Bonchev–Trinajstić information content (AvgIpc) is 3.58. The number of allylic oxidation sites excluding steroid dienone is 3. The predicted octanol–water partition coefficient (Wildman–Crippen LogP) is 4.52. The normalized spacial score (nSPS) is 26.6. The Labute approximate surface area is 240 Å². The zero-order valence-corrected chi connectivity index (χ0v) is 24.8. The van der Waals surface area contributed by atoms with Crippen molar-refractivity contribution in [3.05, 3.63) is 90.1 Å². The number of aromatic nitrogens is 3. The van der Waals surface area contributed by atoms with Crippen molar-refractivity contribution in [3.8, 4) is 0 Å². The number of hydrogen-bond donors (Lipinski definition) is 0. The van der Waals surface area contributed by atoms with E-state index in [0.29, 0.717) is 0 Å². The number of fused-ring (bicyclic) bond motifs is 7. The second-order valence-electron chi connectivity index (χ2n) is 10.7. The van der Waals surface area contributed by atoms with Crippen LogP contribution in [0.4, 0.5) is 0 Å². The molecular weight excluding hydrogens is 481 g/mol. The van der Waals surface area contributed by atoms with Gasteiger partial charge in [0.2, 0.25) is 0 Å². The molecule has 5 heterocycles. The Kier molecular flexibility index (Phi) is 6.55. The van der Waals surface area contributed by atoms with Crippen LogP contribution in [-0.4, -0.2) is 28.8 Å². The van der Waals surface area contributed by atoms with Gasteiger partial charge in [-0.3, -0.25) is 4.79 Å². The van der Waals surface area contributed by atoms with Crippen LogP contribution >= 0.6 is 0 Å². The van der Waals surface area contributed by atoms with Gasteiger partial charge in [0.05, 0.1) is 0 Å². The topological polar surface area (TPSA) is 73.5 Å². The van der Waals surface area contributed by atoms with Crippen molar-refractivity contribution in [1.29, 1.82) is 0 Å². The standard InChI is InChI=1S/C32H33N4O.Mg/c1-9-20-16(5)23-11-22-14(3)15(4)30(35-22)28-19(8)32(37)29-18(7)25(36-31(28)29)13-27-21(10-2)17(6)24(34-27)12-26(20)33-23;/h9,11-15,19H,1,10H2,2-8H3,(H-,35,36,37);/q-3;+2/p-1/b22-11-,24-12-,27-13-;/t14-,15-,19+;/m0./s1. The number of Topliss-reactive ketones (excluding diaryl/α,β-unsaturated/α-hetero) is 1. The first-order chi connectivity index (χ1) is 17.7. The average molecular weight is 513 g/mol. The first-order valence-corrected chi connectivity index (χ1v) is 13.2. The van der Waals surface area contributed by atoms with Gasteiger partial charge in [-0.2, -0.15) is 11.4 Å². The summed E-state index contributed by atoms with van der Waals surface area (Å²) in [6.45, 7) is 18.8. The number of nitrogens with zero attached hydrogens (tertiary/aromatic N) is 4. The summed E-state index contributed by atoms with van der Waals surface area (Å²) in [6.07, 6.45) is 8.97. The number of carbonyl (C=O) groups excluding carboxylic acids is 1. The van der Waals surface area contributed by atoms with Crippen molar-refractivity contribution >= 4 is 58.7 Å². The van der Waals surface area contributed by atoms with E-state index in [1.165, 1.54) is 5.56 Å². The molecule has 3 aromatic rings. The summed E-state index contributed by atoms with van der Waals surface area (Å²) in [5.74, 6) is 0.272. The van der Waals surface area contributed by atoms with Crippen LogP contribution in [0.3, 0.4) is 0 Å². The third-order valence-electron chi connectivity index (χ3n) is 8.81. The third-order valence-corrected chi connectivity index (χ3v) is 8.81. The van der Waals surface area contributed by atoms with E-state index in [1.807, 2.05) is 19.9 Å². The van der Waals surface area contributed by atoms with E-state index in [-0.39, 0.29) is 46.6 Å². The van der Waals surface area contributed by atoms with Crippen LogP contribution in [0.5, 0.6) is 0 Å². The molecule has 0 saturated carbocycles. The van der Waals surface area contributed by atoms with Crippen LogP contribution in [0.25, 0.3) is 35.2 Å². The Morgan fingerprint density at radius 1 is 0.868 bits per heavy atom. The van der Waals surface area contributed by atoms with Crippen molar-refractivity contribution in [2.24, 2.45) is 17.8 Å². The number of rotatable bonds is 2. The van der Waals surface area contributed by atoms with Crippen LogP contribution in [0.15, 0.2) is 18.0 Å². The van der Waals surface area contributed by atoms with Gasteiger partial charge in [-0.1, -0.05) is 86.4 Å². The van der Waals surface area contributed by atoms with Gasteiger partial charge in [0.25, 0.3) is 0 Å². The zero-order chi connectivity index (χ0) is 26.3. The van der Waals surface area contributed by atoms with Gasteiger partial charge in [-0.05, 0) is 44.6 Å². The van der Waals surface area contributed by atoms with E-state index in [2.05, 4.69) is 59.4 Å². The van der Waals surface area contributed by atoms with E-state index in [4.69, 9.17) is 20.3 Å². The largest absolute Gasteiger partial charge is 2.00 e. The molecule has 0 N–H and O–H groups in total. The quantitative estimate of drug-likeness (QED) is 0.473. The molecule has 6 heteroatoms. The summed E-state index contributed by atoms with van der Waals surface area (Å²) in [4.78, 5) is 28.6. The summed E-state index contributed by atoms with van der Waals surface area (Å²) >= 11 is 0. The molecule has 1 saturated heterocycles. The first-order valence-electron chi connectivity index (χ1n) is 13.2. The monoisotopic (exact) mass is 512 g/mol. The van der Waals surface area contributed by atoms with Crippen LogP contribution < -0.4 is 25.7 Å². The van der Waals surface area contributed by atoms with Gasteiger partial charge in [0, 0.05) is 11.5 Å². The maximum atomic E-state index is 13.5. The van der Waals surface area contributed by atoms with Gasteiger partial charge in [-0.25, -0.2) is 0 Å². The molecule has 0 spiro atoms. The van der Waals surface area contributed by atoms with E-state index >= 15 is 0 Å². The fraction of sp³-hybridized carbons (Fsp3) is 0.344. The molecule has 2 aliphatic heterocycles. The molecule has 3 atom stereocenters. The molecule has 0 radical (unpaired) electrons. The fourth-order valence-corrected chi connectivity index (χ4v) is 6.25. The van der Waals surface area contributed by atoms with Gasteiger partial charge >= 0.3 is 23.1 Å². The van der Waals surface area contributed by atoms with Gasteiger partial charge in [0.1, 0.15) is 0 Å². The molecule has 3 aliphatic rings. The van der Waals surface area contributed by atoms with E-state index in [9.17, 15) is 4.79 Å². The van der Waals surface area contributed by atoms with E-state index in [1.54, 1.807) is 0 Å². The Bertz CT molecular complexity index is 1700. The fourth-order valence-electron chi connectivity index (χ4n) is 6.25. The Balaban J connectivity index is 0.00000294. The van der Waals surface area contributed by atoms with Crippen LogP contribution in [0.1, 0.15) is 88.6 Å². The van der Waals surface area contributed by atoms with Crippen molar-refractivity contribution in [2.45, 2.75) is 54.9 Å². The minimum Gasteiger partial charge on any atom is -0.664 e.